The zero-order chi connectivity index (χ0) is 39.7. The van der Waals surface area contributed by atoms with E-state index in [0.29, 0.717) is 11.4 Å². The number of hydrogen-bond donors (Lipinski definition) is 2. The normalized spacial score (nSPS) is 13.4. The second-order valence-corrected chi connectivity index (χ2v) is 14.8. The van der Waals surface area contributed by atoms with Crippen molar-refractivity contribution in [2.45, 2.75) is 0 Å². The monoisotopic (exact) mass is 774 g/mol. The average Bonchev–Trinajstić information content (AvgIpc) is 3.65. The summed E-state index contributed by atoms with van der Waals surface area (Å²) < 4.78 is 6.76. The van der Waals surface area contributed by atoms with Crippen LogP contribution in [0.3, 0.4) is 0 Å². The predicted octanol–water partition coefficient (Wildman–Crippen LogP) is 14.2. The highest BCUT2D eigenvalue weighted by Crippen LogP contribution is 2.38. The van der Waals surface area contributed by atoms with Crippen LogP contribution >= 0.6 is 12.8 Å². The number of thiol groups is 1. The van der Waals surface area contributed by atoms with Gasteiger partial charge < -0.3 is 9.47 Å². The van der Waals surface area contributed by atoms with E-state index < -0.39 is 0 Å². The Morgan fingerprint density at radius 3 is 1.39 bits per heavy atom. The van der Waals surface area contributed by atoms with Crippen molar-refractivity contribution in [1.29, 1.82) is 5.41 Å². The van der Waals surface area contributed by atoms with Gasteiger partial charge in [-0.05, 0) is 131 Å². The van der Waals surface area contributed by atoms with Crippen molar-refractivity contribution in [1.82, 2.24) is 4.57 Å². The Morgan fingerprint density at radius 2 is 0.864 bits per heavy atom. The van der Waals surface area contributed by atoms with Crippen molar-refractivity contribution < 1.29 is 0 Å². The first-order valence-corrected chi connectivity index (χ1v) is 20.1. The Kier molecular flexibility index (Phi) is 9.41. The summed E-state index contributed by atoms with van der Waals surface area (Å²) in [6, 6.07) is 72.3. The van der Waals surface area contributed by atoms with Gasteiger partial charge in [0.1, 0.15) is 5.71 Å². The van der Waals surface area contributed by atoms with Crippen molar-refractivity contribution in [3.8, 4) is 39.1 Å². The van der Waals surface area contributed by atoms with Crippen LogP contribution in [-0.2, 0) is 0 Å². The lowest BCUT2D eigenvalue weighted by Gasteiger charge is -2.31. The Hall–Kier alpha value is -7.47. The van der Waals surface area contributed by atoms with Gasteiger partial charge in [0, 0.05) is 33.4 Å². The van der Waals surface area contributed by atoms with Crippen LogP contribution in [0.1, 0.15) is 5.56 Å². The standard InChI is InChI=1S/C54H38N4S/c55-53-47(40-26-30-46(31-27-40)58-50-22-12-10-20-48(50)49-21-11-13-23-51(49)58)32-33-52(54(53)56-59)57(44-18-8-3-9-19-44)45-28-24-39(25-29-45)43-35-41(37-14-4-1-5-15-37)34-42(36-43)38-16-6-2-7-17-38/h1-36,55,59H/b55-53?,56-54-. The molecule has 0 fully saturated rings. The maximum absolute atomic E-state index is 9.51. The van der Waals surface area contributed by atoms with E-state index in [1.807, 2.05) is 24.3 Å². The minimum Gasteiger partial charge on any atom is -0.309 e. The first-order chi connectivity index (χ1) is 29.1. The maximum Gasteiger partial charge on any atom is 0.121 e. The molecule has 0 saturated carbocycles. The molecule has 0 radical (unpaired) electrons. The number of hydrogen-bond acceptors (Lipinski definition) is 4. The summed E-state index contributed by atoms with van der Waals surface area (Å²) in [4.78, 5) is 2.15. The lowest BCUT2D eigenvalue weighted by atomic mass is 9.91. The highest BCUT2D eigenvalue weighted by atomic mass is 32.1. The molecule has 9 aromatic rings. The zero-order valence-corrected chi connectivity index (χ0v) is 33.0. The fraction of sp³-hybridized carbons (Fsp3) is 0. The second kappa shape index (κ2) is 15.5. The molecule has 1 aliphatic rings. The SMILES string of the molecule is N=C1C(c2ccc(-n3c4ccccc4c4ccccc43)cc2)=CC=C(N(c2ccccc2)c2ccc(-c3cc(-c4ccccc4)cc(-c4ccccc4)c3)cc2)/C1=N/S. The Bertz CT molecular complexity index is 2980. The third kappa shape index (κ3) is 6.67. The minimum absolute atomic E-state index is 0.311. The van der Waals surface area contributed by atoms with Crippen LogP contribution in [0.25, 0.3) is 66.4 Å². The van der Waals surface area contributed by atoms with Gasteiger partial charge in [0.25, 0.3) is 0 Å². The topological polar surface area (TPSA) is 44.4 Å². The van der Waals surface area contributed by atoms with E-state index in [-0.39, 0.29) is 0 Å². The Labute approximate surface area is 349 Å². The van der Waals surface area contributed by atoms with E-state index in [1.54, 1.807) is 0 Å². The summed E-state index contributed by atoms with van der Waals surface area (Å²) in [5, 5.41) is 12.0. The van der Waals surface area contributed by atoms with Crippen molar-refractivity contribution in [3.63, 3.8) is 0 Å². The molecule has 1 N–H and O–H groups in total. The number of nitrogens with zero attached hydrogens (tertiary/aromatic N) is 3. The number of allylic oxidation sites excluding steroid dienone is 4. The summed E-state index contributed by atoms with van der Waals surface area (Å²) in [5.41, 5.74) is 15.5. The lowest BCUT2D eigenvalue weighted by Crippen LogP contribution is -2.30. The molecule has 0 unspecified atom stereocenters. The molecule has 280 valence electrons. The first kappa shape index (κ1) is 35.9. The summed E-state index contributed by atoms with van der Waals surface area (Å²) in [6.07, 6.45) is 4.08. The molecule has 59 heavy (non-hydrogen) atoms. The van der Waals surface area contributed by atoms with Crippen LogP contribution in [0.5, 0.6) is 0 Å². The molecule has 0 atom stereocenters. The molecule has 1 aliphatic carbocycles. The third-order valence-electron chi connectivity index (χ3n) is 11.1. The molecule has 10 rings (SSSR count). The molecule has 0 spiro atoms. The summed E-state index contributed by atoms with van der Waals surface area (Å²) in [7, 11) is 0. The van der Waals surface area contributed by atoms with E-state index >= 15 is 0 Å². The fourth-order valence-electron chi connectivity index (χ4n) is 8.29. The lowest BCUT2D eigenvalue weighted by molar-refractivity contribution is 1.18. The minimum atomic E-state index is 0.311. The van der Waals surface area contributed by atoms with E-state index in [0.717, 1.165) is 56.1 Å². The van der Waals surface area contributed by atoms with Crippen molar-refractivity contribution >= 4 is 63.0 Å². The molecule has 0 bridgehead atoms. The molecule has 4 nitrogen and oxygen atoms in total. The molecular weight excluding hydrogens is 737 g/mol. The largest absolute Gasteiger partial charge is 0.309 e. The van der Waals surface area contributed by atoms with Gasteiger partial charge in [-0.25, -0.2) is 4.40 Å². The number of para-hydroxylation sites is 3. The molecule has 1 aromatic heterocycles. The van der Waals surface area contributed by atoms with Gasteiger partial charge in [-0.3, -0.25) is 5.41 Å². The van der Waals surface area contributed by atoms with Crippen LogP contribution in [0.2, 0.25) is 0 Å². The number of fused-ring (bicyclic) bond motifs is 3. The highest BCUT2D eigenvalue weighted by Gasteiger charge is 2.27. The third-order valence-corrected chi connectivity index (χ3v) is 11.3. The van der Waals surface area contributed by atoms with Gasteiger partial charge in [0.05, 0.1) is 22.4 Å². The molecule has 0 saturated heterocycles. The molecular formula is C54H38N4S. The smallest absolute Gasteiger partial charge is 0.121 e. The highest BCUT2D eigenvalue weighted by molar-refractivity contribution is 7.79. The second-order valence-electron chi connectivity index (χ2n) is 14.6. The van der Waals surface area contributed by atoms with Gasteiger partial charge >= 0.3 is 0 Å². The average molecular weight is 775 g/mol. The first-order valence-electron chi connectivity index (χ1n) is 19.7. The molecule has 1 heterocycles. The number of anilines is 2. The number of nitrogens with one attached hydrogen (secondary N) is 1. The quantitative estimate of drug-likeness (QED) is 0.117. The molecule has 0 amide bonds. The zero-order valence-electron chi connectivity index (χ0n) is 32.1. The fourth-order valence-corrected chi connectivity index (χ4v) is 8.49. The van der Waals surface area contributed by atoms with Gasteiger partial charge in [-0.1, -0.05) is 140 Å². The Morgan fingerprint density at radius 1 is 0.424 bits per heavy atom. The number of rotatable bonds is 8. The van der Waals surface area contributed by atoms with Crippen LogP contribution in [-0.4, -0.2) is 16.0 Å². The van der Waals surface area contributed by atoms with E-state index in [2.05, 4.69) is 221 Å². The van der Waals surface area contributed by atoms with E-state index in [9.17, 15) is 5.41 Å². The molecule has 8 aromatic carbocycles. The van der Waals surface area contributed by atoms with Crippen LogP contribution < -0.4 is 4.90 Å². The van der Waals surface area contributed by atoms with E-state index in [4.69, 9.17) is 0 Å². The van der Waals surface area contributed by atoms with Crippen LogP contribution in [0, 0.1) is 5.41 Å². The van der Waals surface area contributed by atoms with Gasteiger partial charge in [0.2, 0.25) is 0 Å². The van der Waals surface area contributed by atoms with Crippen molar-refractivity contribution in [3.05, 3.63) is 230 Å². The Balaban J connectivity index is 1.02. The van der Waals surface area contributed by atoms with Crippen LogP contribution in [0.15, 0.2) is 229 Å². The van der Waals surface area contributed by atoms with Gasteiger partial charge in [0.15, 0.2) is 0 Å². The molecule has 5 heteroatoms. The summed E-state index contributed by atoms with van der Waals surface area (Å²) in [5.74, 6) is 0. The number of benzene rings is 8. The van der Waals surface area contributed by atoms with Gasteiger partial charge in [-0.2, -0.15) is 0 Å². The van der Waals surface area contributed by atoms with Crippen LogP contribution in [0.4, 0.5) is 11.4 Å². The summed E-state index contributed by atoms with van der Waals surface area (Å²) in [6.45, 7) is 0. The van der Waals surface area contributed by atoms with Gasteiger partial charge in [-0.15, -0.1) is 0 Å². The van der Waals surface area contributed by atoms with E-state index in [1.165, 1.54) is 33.0 Å². The molecule has 0 aliphatic heterocycles. The summed E-state index contributed by atoms with van der Waals surface area (Å²) >= 11 is 4.47. The predicted molar refractivity (Wildman–Crippen MR) is 252 cm³/mol. The number of aromatic nitrogens is 1. The van der Waals surface area contributed by atoms with Crippen molar-refractivity contribution in [2.24, 2.45) is 4.40 Å². The maximum atomic E-state index is 9.51. The van der Waals surface area contributed by atoms with Crippen molar-refractivity contribution in [2.75, 3.05) is 4.90 Å².